The maximum atomic E-state index is 13.1. The van der Waals surface area contributed by atoms with E-state index in [1.54, 1.807) is 30.4 Å². The van der Waals surface area contributed by atoms with Crippen molar-refractivity contribution in [1.29, 1.82) is 0 Å². The number of nitrogens with one attached hydrogen (secondary N) is 1. The van der Waals surface area contributed by atoms with Gasteiger partial charge in [-0.3, -0.25) is 19.3 Å². The Balaban J connectivity index is 1.62. The molecule has 0 bridgehead atoms. The van der Waals surface area contributed by atoms with E-state index in [0.29, 0.717) is 18.7 Å². The third-order valence-corrected chi connectivity index (χ3v) is 4.72. The summed E-state index contributed by atoms with van der Waals surface area (Å²) in [4.78, 5) is 31.0. The second-order valence-electron chi connectivity index (χ2n) is 6.39. The second kappa shape index (κ2) is 6.59. The Bertz CT molecular complexity index is 981. The monoisotopic (exact) mass is 349 g/mol. The highest BCUT2D eigenvalue weighted by molar-refractivity contribution is 5.98. The van der Waals surface area contributed by atoms with Crippen LogP contribution in [0.1, 0.15) is 28.5 Å². The van der Waals surface area contributed by atoms with E-state index in [0.717, 1.165) is 16.6 Å². The molecule has 1 atom stereocenters. The molecule has 0 fully saturated rings. The minimum atomic E-state index is -0.167. The molecule has 0 radical (unpaired) electrons. The van der Waals surface area contributed by atoms with Gasteiger partial charge in [0.2, 0.25) is 5.91 Å². The molecule has 3 heterocycles. The van der Waals surface area contributed by atoms with Gasteiger partial charge in [0.25, 0.3) is 5.91 Å². The molecule has 4 rings (SSSR count). The van der Waals surface area contributed by atoms with Crippen molar-refractivity contribution < 1.29 is 9.59 Å². The predicted molar refractivity (Wildman–Crippen MR) is 96.4 cm³/mol. The molecule has 26 heavy (non-hydrogen) atoms. The van der Waals surface area contributed by atoms with E-state index in [4.69, 9.17) is 0 Å². The van der Waals surface area contributed by atoms with Crippen molar-refractivity contribution in [3.8, 4) is 0 Å². The van der Waals surface area contributed by atoms with Crippen molar-refractivity contribution in [3.63, 3.8) is 0 Å². The summed E-state index contributed by atoms with van der Waals surface area (Å²) in [7, 11) is 1.61. The highest BCUT2D eigenvalue weighted by Gasteiger charge is 2.30. The van der Waals surface area contributed by atoms with Crippen LogP contribution in [0.2, 0.25) is 0 Å². The number of rotatable bonds is 3. The van der Waals surface area contributed by atoms with Gasteiger partial charge in [-0.2, -0.15) is 5.10 Å². The van der Waals surface area contributed by atoms with E-state index in [1.807, 2.05) is 35.0 Å². The maximum absolute atomic E-state index is 13.1. The van der Waals surface area contributed by atoms with E-state index in [-0.39, 0.29) is 24.3 Å². The van der Waals surface area contributed by atoms with Crippen LogP contribution in [0, 0.1) is 0 Å². The molecule has 1 aromatic carbocycles. The first kappa shape index (κ1) is 16.3. The van der Waals surface area contributed by atoms with Crippen molar-refractivity contribution in [1.82, 2.24) is 25.0 Å². The van der Waals surface area contributed by atoms with E-state index in [2.05, 4.69) is 15.4 Å². The van der Waals surface area contributed by atoms with Crippen LogP contribution in [-0.4, -0.2) is 45.1 Å². The zero-order valence-corrected chi connectivity index (χ0v) is 14.4. The number of nitrogens with zero attached hydrogens (tertiary/aromatic N) is 4. The Labute approximate surface area is 150 Å². The molecule has 0 saturated carbocycles. The third-order valence-electron chi connectivity index (χ3n) is 4.72. The third kappa shape index (κ3) is 2.92. The highest BCUT2D eigenvalue weighted by Crippen LogP contribution is 2.25. The first-order chi connectivity index (χ1) is 12.7. The van der Waals surface area contributed by atoms with Gasteiger partial charge >= 0.3 is 0 Å². The van der Waals surface area contributed by atoms with Crippen molar-refractivity contribution >= 4 is 22.7 Å². The lowest BCUT2D eigenvalue weighted by atomic mass is 10.1. The van der Waals surface area contributed by atoms with Crippen molar-refractivity contribution in [3.05, 3.63) is 60.0 Å². The van der Waals surface area contributed by atoms with Crippen molar-refractivity contribution in [2.75, 3.05) is 13.6 Å². The van der Waals surface area contributed by atoms with Gasteiger partial charge in [0.1, 0.15) is 0 Å². The zero-order valence-electron chi connectivity index (χ0n) is 14.4. The number of fused-ring (bicyclic) bond motifs is 2. The van der Waals surface area contributed by atoms with Crippen LogP contribution in [-0.2, 0) is 11.3 Å². The molecule has 1 aliphatic heterocycles. The van der Waals surface area contributed by atoms with Gasteiger partial charge in [-0.05, 0) is 30.3 Å². The minimum Gasteiger partial charge on any atom is -0.359 e. The van der Waals surface area contributed by atoms with Crippen LogP contribution < -0.4 is 5.32 Å². The van der Waals surface area contributed by atoms with Gasteiger partial charge in [-0.1, -0.05) is 6.07 Å². The number of carbonyl (C=O) groups excluding carboxylic acids is 2. The van der Waals surface area contributed by atoms with Crippen LogP contribution in [0.3, 0.4) is 0 Å². The molecule has 3 aromatic rings. The number of pyridine rings is 1. The number of carbonyl (C=O) groups is 2. The van der Waals surface area contributed by atoms with E-state index in [9.17, 15) is 9.59 Å². The lowest BCUT2D eigenvalue weighted by Gasteiger charge is -2.33. The summed E-state index contributed by atoms with van der Waals surface area (Å²) in [6.07, 6.45) is 3.73. The number of benzene rings is 1. The molecule has 1 aliphatic rings. The summed E-state index contributed by atoms with van der Waals surface area (Å²) >= 11 is 0. The Hall–Kier alpha value is -3.22. The molecule has 7 nitrogen and oxygen atoms in total. The molecule has 1 N–H and O–H groups in total. The summed E-state index contributed by atoms with van der Waals surface area (Å²) < 4.78 is 1.85. The molecular weight excluding hydrogens is 330 g/mol. The topological polar surface area (TPSA) is 80.1 Å². The normalized spacial score (nSPS) is 16.3. The molecule has 7 heteroatoms. The van der Waals surface area contributed by atoms with Gasteiger partial charge in [-0.25, -0.2) is 0 Å². The number of hydrogen-bond donors (Lipinski definition) is 1. The molecule has 0 unspecified atom stereocenters. The largest absolute Gasteiger partial charge is 0.359 e. The fourth-order valence-electron chi connectivity index (χ4n) is 3.40. The summed E-state index contributed by atoms with van der Waals surface area (Å²) in [6.45, 7) is 0.931. The lowest BCUT2D eigenvalue weighted by molar-refractivity contribution is -0.121. The van der Waals surface area contributed by atoms with Gasteiger partial charge < -0.3 is 10.2 Å². The van der Waals surface area contributed by atoms with Gasteiger partial charge in [0, 0.05) is 36.9 Å². The van der Waals surface area contributed by atoms with Crippen LogP contribution >= 0.6 is 0 Å². The molecular formula is C19H19N5O2. The zero-order chi connectivity index (χ0) is 18.1. The van der Waals surface area contributed by atoms with Gasteiger partial charge in [0.15, 0.2) is 0 Å². The van der Waals surface area contributed by atoms with Crippen molar-refractivity contribution in [2.45, 2.75) is 19.0 Å². The molecule has 2 aromatic heterocycles. The fraction of sp³-hybridized carbons (Fsp3) is 0.263. The molecule has 2 amide bonds. The lowest BCUT2D eigenvalue weighted by Crippen LogP contribution is -2.42. The van der Waals surface area contributed by atoms with Crippen LogP contribution in [0.4, 0.5) is 0 Å². The van der Waals surface area contributed by atoms with Gasteiger partial charge in [-0.15, -0.1) is 0 Å². The highest BCUT2D eigenvalue weighted by atomic mass is 16.2. The molecule has 132 valence electrons. The Morgan fingerprint density at radius 2 is 2.12 bits per heavy atom. The summed E-state index contributed by atoms with van der Waals surface area (Å²) in [5.41, 5.74) is 2.41. The minimum absolute atomic E-state index is 0.0508. The fourth-order valence-corrected chi connectivity index (χ4v) is 3.40. The average molecular weight is 349 g/mol. The molecule has 0 spiro atoms. The Morgan fingerprint density at radius 3 is 2.96 bits per heavy atom. The van der Waals surface area contributed by atoms with E-state index in [1.165, 1.54) is 0 Å². The average Bonchev–Trinajstić information content (AvgIpc) is 3.15. The number of amides is 2. The van der Waals surface area contributed by atoms with Crippen LogP contribution in [0.5, 0.6) is 0 Å². The standard InChI is InChI=1S/C19H19N5O2/c1-20-18(25)10-16-12-23(11-15-6-8-22-24(15)16)19(26)14-4-5-17-13(9-14)3-2-7-21-17/h2-9,16H,10-12H2,1H3,(H,20,25)/t16-/m0/s1. The summed E-state index contributed by atoms with van der Waals surface area (Å²) in [5.74, 6) is -0.118. The maximum Gasteiger partial charge on any atom is 0.254 e. The predicted octanol–water partition coefficient (Wildman–Crippen LogP) is 1.76. The number of aromatic nitrogens is 3. The van der Waals surface area contributed by atoms with Crippen molar-refractivity contribution in [2.24, 2.45) is 0 Å². The smallest absolute Gasteiger partial charge is 0.254 e. The Morgan fingerprint density at radius 1 is 1.23 bits per heavy atom. The van der Waals surface area contributed by atoms with Crippen LogP contribution in [0.25, 0.3) is 10.9 Å². The van der Waals surface area contributed by atoms with E-state index >= 15 is 0 Å². The summed E-state index contributed by atoms with van der Waals surface area (Å²) in [5, 5.41) is 7.90. The van der Waals surface area contributed by atoms with Crippen LogP contribution in [0.15, 0.2) is 48.8 Å². The second-order valence-corrected chi connectivity index (χ2v) is 6.39. The number of hydrogen-bond acceptors (Lipinski definition) is 4. The first-order valence-electron chi connectivity index (χ1n) is 8.53. The Kier molecular flexibility index (Phi) is 4.12. The summed E-state index contributed by atoms with van der Waals surface area (Å²) in [6, 6.07) is 11.1. The molecule has 0 saturated heterocycles. The van der Waals surface area contributed by atoms with E-state index < -0.39 is 0 Å². The molecule has 0 aliphatic carbocycles. The first-order valence-corrected chi connectivity index (χ1v) is 8.53. The van der Waals surface area contributed by atoms with Gasteiger partial charge in [0.05, 0.1) is 30.2 Å². The quantitative estimate of drug-likeness (QED) is 0.781. The SMILES string of the molecule is CNC(=O)C[C@H]1CN(C(=O)c2ccc3ncccc3c2)Cc2ccnn21.